The van der Waals surface area contributed by atoms with Crippen LogP contribution < -0.4 is 0 Å². The minimum atomic E-state index is -3.97. The highest BCUT2D eigenvalue weighted by molar-refractivity contribution is 9.10. The molecular weight excluding hydrogens is 516 g/mol. The summed E-state index contributed by atoms with van der Waals surface area (Å²) < 4.78 is 31.2. The van der Waals surface area contributed by atoms with Gasteiger partial charge in [0.2, 0.25) is 0 Å². The second-order valence-corrected chi connectivity index (χ2v) is 13.8. The van der Waals surface area contributed by atoms with Crippen LogP contribution >= 0.6 is 15.9 Å². The standard InChI is InChI=1S/C27H33BrO5S/c1-26-13-11-19(29)15-17(26)3-8-21-22-9-10-24(27(22,2)14-12-23(21)26)25(30)16-33-34(31,32)20-6-4-18(28)5-7-20/h4-7,15,21-24H,3,8-14,16H2,1-2H3/t21-,22+,23+,24-,26+,27+/m1/s1. The van der Waals surface area contributed by atoms with Crippen molar-refractivity contribution in [2.75, 3.05) is 6.61 Å². The van der Waals surface area contributed by atoms with Crippen molar-refractivity contribution < 1.29 is 22.2 Å². The molecule has 4 aliphatic carbocycles. The first-order chi connectivity index (χ1) is 16.0. The summed E-state index contributed by atoms with van der Waals surface area (Å²) in [4.78, 5) is 25.4. The lowest BCUT2D eigenvalue weighted by atomic mass is 9.46. The molecule has 5 rings (SSSR count). The van der Waals surface area contributed by atoms with Crippen molar-refractivity contribution in [2.24, 2.45) is 34.5 Å². The highest BCUT2D eigenvalue weighted by Gasteiger charge is 2.60. The molecule has 184 valence electrons. The Bertz CT molecular complexity index is 1140. The number of Topliss-reactive ketones (excluding diaryl/α,β-unsaturated/α-hetero) is 1. The summed E-state index contributed by atoms with van der Waals surface area (Å²) in [6.07, 6.45) is 9.48. The fraction of sp³-hybridized carbons (Fsp3) is 0.630. The lowest BCUT2D eigenvalue weighted by molar-refractivity contribution is -0.132. The SMILES string of the molecule is C[C@]12CC[C@H]3[C@H](CCC4=CC(=O)CC[C@@]43C)[C@@H]1CC[C@@H]2C(=O)COS(=O)(=O)c1ccc(Br)cc1. The van der Waals surface area contributed by atoms with Gasteiger partial charge in [-0.2, -0.15) is 8.42 Å². The first-order valence-electron chi connectivity index (χ1n) is 12.5. The second-order valence-electron chi connectivity index (χ2n) is 11.3. The number of rotatable bonds is 5. The summed E-state index contributed by atoms with van der Waals surface area (Å²) >= 11 is 3.30. The summed E-state index contributed by atoms with van der Waals surface area (Å²) in [5, 5.41) is 0. The van der Waals surface area contributed by atoms with Crippen LogP contribution in [0.1, 0.15) is 65.2 Å². The van der Waals surface area contributed by atoms with Gasteiger partial charge in [-0.05, 0) is 104 Å². The Kier molecular flexibility index (Phi) is 6.22. The van der Waals surface area contributed by atoms with Crippen LogP contribution in [0.5, 0.6) is 0 Å². The molecule has 0 aromatic heterocycles. The third-order valence-corrected chi connectivity index (χ3v) is 11.6. The molecule has 0 N–H and O–H groups in total. The van der Waals surface area contributed by atoms with E-state index < -0.39 is 16.7 Å². The number of fused-ring (bicyclic) bond motifs is 5. The molecule has 1 aromatic rings. The van der Waals surface area contributed by atoms with Crippen LogP contribution in [-0.2, 0) is 23.9 Å². The number of hydrogen-bond acceptors (Lipinski definition) is 5. The van der Waals surface area contributed by atoms with E-state index in [1.807, 2.05) is 6.08 Å². The van der Waals surface area contributed by atoms with Crippen LogP contribution in [0.2, 0.25) is 0 Å². The largest absolute Gasteiger partial charge is 0.297 e. The highest BCUT2D eigenvalue weighted by atomic mass is 79.9. The van der Waals surface area contributed by atoms with Gasteiger partial charge < -0.3 is 0 Å². The molecule has 0 amide bonds. The molecule has 3 fully saturated rings. The monoisotopic (exact) mass is 548 g/mol. The Morgan fingerprint density at radius 1 is 1.03 bits per heavy atom. The van der Waals surface area contributed by atoms with Crippen LogP contribution in [0.25, 0.3) is 0 Å². The molecule has 0 unspecified atom stereocenters. The van der Waals surface area contributed by atoms with Gasteiger partial charge >= 0.3 is 0 Å². The smallest absolute Gasteiger partial charge is 0.297 e. The van der Waals surface area contributed by atoms with Crippen LogP contribution in [0.3, 0.4) is 0 Å². The lowest BCUT2D eigenvalue weighted by Gasteiger charge is -2.58. The third kappa shape index (κ3) is 3.96. The van der Waals surface area contributed by atoms with Gasteiger partial charge in [0.1, 0.15) is 6.61 Å². The van der Waals surface area contributed by atoms with Gasteiger partial charge in [0.15, 0.2) is 11.6 Å². The molecule has 0 aliphatic heterocycles. The summed E-state index contributed by atoms with van der Waals surface area (Å²) in [7, 11) is -3.97. The Hall–Kier alpha value is -1.31. The van der Waals surface area contributed by atoms with Crippen molar-refractivity contribution in [3.8, 4) is 0 Å². The minimum Gasteiger partial charge on any atom is -0.297 e. The van der Waals surface area contributed by atoms with Gasteiger partial charge in [-0.1, -0.05) is 35.4 Å². The van der Waals surface area contributed by atoms with Gasteiger partial charge in [-0.3, -0.25) is 13.8 Å². The number of carbonyl (C=O) groups is 2. The van der Waals surface area contributed by atoms with E-state index in [9.17, 15) is 18.0 Å². The molecule has 34 heavy (non-hydrogen) atoms. The van der Waals surface area contributed by atoms with Crippen molar-refractivity contribution >= 4 is 37.6 Å². The Morgan fingerprint density at radius 3 is 2.50 bits per heavy atom. The van der Waals surface area contributed by atoms with Gasteiger partial charge in [0.25, 0.3) is 10.1 Å². The van der Waals surface area contributed by atoms with Crippen LogP contribution in [0.15, 0.2) is 45.3 Å². The number of hydrogen-bond donors (Lipinski definition) is 0. The predicted molar refractivity (Wildman–Crippen MR) is 132 cm³/mol. The molecule has 0 heterocycles. The van der Waals surface area contributed by atoms with Crippen LogP contribution in [0.4, 0.5) is 0 Å². The van der Waals surface area contributed by atoms with Crippen molar-refractivity contribution in [3.05, 3.63) is 40.4 Å². The molecule has 6 atom stereocenters. The van der Waals surface area contributed by atoms with Crippen LogP contribution in [-0.4, -0.2) is 26.6 Å². The van der Waals surface area contributed by atoms with E-state index in [0.29, 0.717) is 24.2 Å². The summed E-state index contributed by atoms with van der Waals surface area (Å²) in [5.74, 6) is 1.64. The number of carbonyl (C=O) groups excluding carboxylic acids is 2. The van der Waals surface area contributed by atoms with Gasteiger partial charge in [0.05, 0.1) is 4.90 Å². The maximum absolute atomic E-state index is 13.3. The minimum absolute atomic E-state index is 0.0600. The third-order valence-electron chi connectivity index (χ3n) is 9.81. The average molecular weight is 550 g/mol. The zero-order valence-electron chi connectivity index (χ0n) is 19.9. The molecule has 5 nitrogen and oxygen atoms in total. The average Bonchev–Trinajstić information content (AvgIpc) is 3.15. The van der Waals surface area contributed by atoms with Gasteiger partial charge in [-0.15, -0.1) is 0 Å². The lowest BCUT2D eigenvalue weighted by Crippen LogP contribution is -2.51. The predicted octanol–water partition coefficient (Wildman–Crippen LogP) is 5.87. The topological polar surface area (TPSA) is 77.5 Å². The molecule has 4 aliphatic rings. The first-order valence-corrected chi connectivity index (χ1v) is 14.7. The van der Waals surface area contributed by atoms with E-state index in [1.165, 1.54) is 17.7 Å². The van der Waals surface area contributed by atoms with E-state index in [1.54, 1.807) is 12.1 Å². The van der Waals surface area contributed by atoms with Gasteiger partial charge in [0, 0.05) is 16.8 Å². The molecule has 7 heteroatoms. The van der Waals surface area contributed by atoms with Crippen LogP contribution in [0, 0.1) is 34.5 Å². The molecule has 3 saturated carbocycles. The van der Waals surface area contributed by atoms with E-state index in [2.05, 4.69) is 29.8 Å². The zero-order valence-corrected chi connectivity index (χ0v) is 22.3. The summed E-state index contributed by atoms with van der Waals surface area (Å²) in [6, 6.07) is 6.24. The Morgan fingerprint density at radius 2 is 1.76 bits per heavy atom. The number of ketones is 2. The Balaban J connectivity index is 1.30. The van der Waals surface area contributed by atoms with Gasteiger partial charge in [-0.25, -0.2) is 0 Å². The van der Waals surface area contributed by atoms with E-state index in [-0.39, 0.29) is 33.2 Å². The fourth-order valence-electron chi connectivity index (χ4n) is 7.99. The quantitative estimate of drug-likeness (QED) is 0.430. The number of halogens is 1. The number of allylic oxidation sites excluding steroid dienone is 1. The van der Waals surface area contributed by atoms with Crippen molar-refractivity contribution in [1.82, 2.24) is 0 Å². The number of benzene rings is 1. The zero-order chi connectivity index (χ0) is 24.3. The molecule has 1 aromatic carbocycles. The molecule has 0 radical (unpaired) electrons. The van der Waals surface area contributed by atoms with E-state index in [0.717, 1.165) is 49.4 Å². The van der Waals surface area contributed by atoms with E-state index in [4.69, 9.17) is 4.18 Å². The van der Waals surface area contributed by atoms with E-state index >= 15 is 0 Å². The molecular formula is C27H33BrO5S. The summed E-state index contributed by atoms with van der Waals surface area (Å²) in [5.41, 5.74) is 1.36. The normalized spacial score (nSPS) is 37.4. The summed E-state index contributed by atoms with van der Waals surface area (Å²) in [6.45, 7) is 4.22. The van der Waals surface area contributed by atoms with Crippen molar-refractivity contribution in [1.29, 1.82) is 0 Å². The second kappa shape index (κ2) is 8.67. The molecule has 0 saturated heterocycles. The molecule has 0 bridgehead atoms. The Labute approximate surface area is 211 Å². The first kappa shape index (κ1) is 24.4. The molecule has 0 spiro atoms. The maximum Gasteiger partial charge on any atom is 0.297 e. The fourth-order valence-corrected chi connectivity index (χ4v) is 9.13. The highest BCUT2D eigenvalue weighted by Crippen LogP contribution is 2.66. The van der Waals surface area contributed by atoms with Crippen molar-refractivity contribution in [2.45, 2.75) is 70.1 Å². The maximum atomic E-state index is 13.3. The van der Waals surface area contributed by atoms with Crippen molar-refractivity contribution in [3.63, 3.8) is 0 Å².